The van der Waals surface area contributed by atoms with Crippen LogP contribution >= 0.6 is 27.3 Å². The normalized spacial score (nSPS) is 11.5. The zero-order chi connectivity index (χ0) is 17.6. The summed E-state index contributed by atoms with van der Waals surface area (Å²) in [6.07, 6.45) is 2.36. The molecule has 7 heteroatoms. The molecule has 0 amide bonds. The molecular weight excluding hydrogens is 403 g/mol. The first-order valence-electron chi connectivity index (χ1n) is 7.94. The number of nitrogens with one attached hydrogen (secondary N) is 2. The van der Waals surface area contributed by atoms with E-state index in [4.69, 9.17) is 0 Å². The van der Waals surface area contributed by atoms with Crippen LogP contribution in [0.5, 0.6) is 0 Å². The van der Waals surface area contributed by atoms with Gasteiger partial charge in [0.05, 0.1) is 19.5 Å². The van der Waals surface area contributed by atoms with Crippen LogP contribution in [-0.4, -0.2) is 21.5 Å². The lowest BCUT2D eigenvalue weighted by molar-refractivity contribution is 0.637. The molecule has 2 N–H and O–H groups in total. The standard InChI is InChI=1S/C18H16BrFN4S/c1-9-3-4-12(20)16-15(9)11(10(2)24-16)5-6-21-18-17-13(22-8-23-18)7-14(19)25-17/h3-4,7-8,24H,5-6H2,1-2H3,(H,21,22,23). The molecule has 4 aromatic rings. The number of thiophene rings is 1. The number of aromatic nitrogens is 3. The molecule has 0 bridgehead atoms. The summed E-state index contributed by atoms with van der Waals surface area (Å²) in [5.41, 5.74) is 4.77. The van der Waals surface area contributed by atoms with Crippen LogP contribution in [0.3, 0.4) is 0 Å². The van der Waals surface area contributed by atoms with Crippen LogP contribution in [0.4, 0.5) is 10.2 Å². The van der Waals surface area contributed by atoms with Gasteiger partial charge in [-0.1, -0.05) is 6.07 Å². The Labute approximate surface area is 156 Å². The van der Waals surface area contributed by atoms with E-state index in [9.17, 15) is 4.39 Å². The molecule has 128 valence electrons. The van der Waals surface area contributed by atoms with E-state index < -0.39 is 0 Å². The zero-order valence-electron chi connectivity index (χ0n) is 13.8. The number of halogens is 2. The van der Waals surface area contributed by atoms with E-state index in [0.717, 1.165) is 48.4 Å². The molecule has 0 unspecified atom stereocenters. The molecule has 0 aliphatic heterocycles. The Balaban J connectivity index is 1.61. The molecule has 0 aliphatic carbocycles. The van der Waals surface area contributed by atoms with Crippen molar-refractivity contribution in [2.45, 2.75) is 20.3 Å². The highest BCUT2D eigenvalue weighted by atomic mass is 79.9. The van der Waals surface area contributed by atoms with Crippen LogP contribution in [0, 0.1) is 19.7 Å². The molecule has 3 heterocycles. The van der Waals surface area contributed by atoms with Crippen LogP contribution in [0.25, 0.3) is 21.1 Å². The third-order valence-corrected chi connectivity index (χ3v) is 6.01. The summed E-state index contributed by atoms with van der Waals surface area (Å²) >= 11 is 5.10. The summed E-state index contributed by atoms with van der Waals surface area (Å²) in [5, 5.41) is 4.39. The number of nitrogens with zero attached hydrogens (tertiary/aromatic N) is 2. The van der Waals surface area contributed by atoms with Crippen molar-refractivity contribution in [1.29, 1.82) is 0 Å². The first-order chi connectivity index (χ1) is 12.0. The van der Waals surface area contributed by atoms with Gasteiger partial charge in [0.25, 0.3) is 0 Å². The first-order valence-corrected chi connectivity index (χ1v) is 9.55. The quantitative estimate of drug-likeness (QED) is 0.469. The van der Waals surface area contributed by atoms with Gasteiger partial charge in [-0.05, 0) is 59.5 Å². The van der Waals surface area contributed by atoms with E-state index in [0.29, 0.717) is 12.1 Å². The van der Waals surface area contributed by atoms with Crippen molar-refractivity contribution in [1.82, 2.24) is 15.0 Å². The lowest BCUT2D eigenvalue weighted by atomic mass is 10.0. The third kappa shape index (κ3) is 2.91. The minimum atomic E-state index is -0.205. The topological polar surface area (TPSA) is 53.6 Å². The highest BCUT2D eigenvalue weighted by Crippen LogP contribution is 2.32. The van der Waals surface area contributed by atoms with Crippen LogP contribution in [0.1, 0.15) is 16.8 Å². The smallest absolute Gasteiger partial charge is 0.147 e. The molecule has 0 radical (unpaired) electrons. The van der Waals surface area contributed by atoms with Crippen molar-refractivity contribution < 1.29 is 4.39 Å². The van der Waals surface area contributed by atoms with Crippen molar-refractivity contribution in [3.63, 3.8) is 0 Å². The number of aromatic amines is 1. The summed E-state index contributed by atoms with van der Waals surface area (Å²) < 4.78 is 16.1. The number of anilines is 1. The summed E-state index contributed by atoms with van der Waals surface area (Å²) in [6, 6.07) is 5.34. The van der Waals surface area contributed by atoms with Gasteiger partial charge in [0.1, 0.15) is 18.0 Å². The van der Waals surface area contributed by atoms with Crippen molar-refractivity contribution in [2.24, 2.45) is 0 Å². The molecule has 0 spiro atoms. The summed E-state index contributed by atoms with van der Waals surface area (Å²) in [5.74, 6) is 0.630. The lowest BCUT2D eigenvalue weighted by Gasteiger charge is -2.07. The van der Waals surface area contributed by atoms with E-state index in [1.165, 1.54) is 6.07 Å². The number of benzene rings is 1. The van der Waals surface area contributed by atoms with Crippen molar-refractivity contribution in [3.05, 3.63) is 51.0 Å². The minimum Gasteiger partial charge on any atom is -0.368 e. The van der Waals surface area contributed by atoms with Crippen molar-refractivity contribution >= 4 is 54.2 Å². The summed E-state index contributed by atoms with van der Waals surface area (Å²) in [6.45, 7) is 4.72. The molecular formula is C18H16BrFN4S. The van der Waals surface area contributed by atoms with Gasteiger partial charge in [0, 0.05) is 17.6 Å². The monoisotopic (exact) mass is 418 g/mol. The van der Waals surface area contributed by atoms with Crippen LogP contribution in [-0.2, 0) is 6.42 Å². The average molecular weight is 419 g/mol. The van der Waals surface area contributed by atoms with Crippen LogP contribution in [0.15, 0.2) is 28.3 Å². The Bertz CT molecular complexity index is 1090. The summed E-state index contributed by atoms with van der Waals surface area (Å²) in [4.78, 5) is 11.8. The van der Waals surface area contributed by atoms with Crippen LogP contribution in [0.2, 0.25) is 0 Å². The Morgan fingerprint density at radius 3 is 2.96 bits per heavy atom. The maximum absolute atomic E-state index is 14.1. The first kappa shape index (κ1) is 16.5. The minimum absolute atomic E-state index is 0.205. The fourth-order valence-electron chi connectivity index (χ4n) is 3.21. The Morgan fingerprint density at radius 1 is 1.28 bits per heavy atom. The van der Waals surface area contributed by atoms with E-state index in [-0.39, 0.29) is 5.82 Å². The lowest BCUT2D eigenvalue weighted by Crippen LogP contribution is -2.07. The van der Waals surface area contributed by atoms with E-state index >= 15 is 0 Å². The third-order valence-electron chi connectivity index (χ3n) is 4.38. The maximum Gasteiger partial charge on any atom is 0.147 e. The van der Waals surface area contributed by atoms with Gasteiger partial charge in [-0.15, -0.1) is 11.3 Å². The Kier molecular flexibility index (Phi) is 4.21. The number of H-pyrrole nitrogens is 1. The van der Waals surface area contributed by atoms with E-state index in [2.05, 4.69) is 36.2 Å². The number of aryl methyl sites for hydroxylation is 2. The molecule has 0 fully saturated rings. The molecule has 0 atom stereocenters. The van der Waals surface area contributed by atoms with Crippen LogP contribution < -0.4 is 5.32 Å². The highest BCUT2D eigenvalue weighted by Gasteiger charge is 2.14. The molecule has 0 saturated heterocycles. The SMILES string of the molecule is Cc1[nH]c2c(F)ccc(C)c2c1CCNc1ncnc2cc(Br)sc12. The molecule has 0 saturated carbocycles. The number of hydrogen-bond donors (Lipinski definition) is 2. The van der Waals surface area contributed by atoms with E-state index in [1.54, 1.807) is 17.7 Å². The molecule has 1 aromatic carbocycles. The zero-order valence-corrected chi connectivity index (χ0v) is 16.2. The number of rotatable bonds is 4. The fourth-order valence-corrected chi connectivity index (χ4v) is 4.72. The predicted molar refractivity (Wildman–Crippen MR) is 105 cm³/mol. The van der Waals surface area contributed by atoms with Gasteiger partial charge in [-0.25, -0.2) is 14.4 Å². The second kappa shape index (κ2) is 6.38. The van der Waals surface area contributed by atoms with Gasteiger partial charge < -0.3 is 10.3 Å². The van der Waals surface area contributed by atoms with Crippen molar-refractivity contribution in [2.75, 3.05) is 11.9 Å². The molecule has 3 aromatic heterocycles. The highest BCUT2D eigenvalue weighted by molar-refractivity contribution is 9.11. The molecule has 4 nitrogen and oxygen atoms in total. The maximum atomic E-state index is 14.1. The average Bonchev–Trinajstić information content (AvgIpc) is 3.12. The molecule has 25 heavy (non-hydrogen) atoms. The largest absolute Gasteiger partial charge is 0.368 e. The molecule has 0 aliphatic rings. The molecule has 4 rings (SSSR count). The Morgan fingerprint density at radius 2 is 2.12 bits per heavy atom. The summed E-state index contributed by atoms with van der Waals surface area (Å²) in [7, 11) is 0. The van der Waals surface area contributed by atoms with Gasteiger partial charge in [-0.2, -0.15) is 0 Å². The second-order valence-electron chi connectivity index (χ2n) is 6.01. The van der Waals surface area contributed by atoms with Gasteiger partial charge in [0.2, 0.25) is 0 Å². The predicted octanol–water partition coefficient (Wildman–Crippen LogP) is 5.35. The van der Waals surface area contributed by atoms with E-state index in [1.807, 2.05) is 26.0 Å². The fraction of sp³-hybridized carbons (Fsp3) is 0.222. The van der Waals surface area contributed by atoms with Gasteiger partial charge >= 0.3 is 0 Å². The second-order valence-corrected chi connectivity index (χ2v) is 8.44. The van der Waals surface area contributed by atoms with Gasteiger partial charge in [0.15, 0.2) is 0 Å². The van der Waals surface area contributed by atoms with Crippen molar-refractivity contribution in [3.8, 4) is 0 Å². The Hall–Kier alpha value is -1.99. The number of hydrogen-bond acceptors (Lipinski definition) is 4. The van der Waals surface area contributed by atoms with Gasteiger partial charge in [-0.3, -0.25) is 0 Å². The number of fused-ring (bicyclic) bond motifs is 2.